The summed E-state index contributed by atoms with van der Waals surface area (Å²) < 4.78 is 0. The van der Waals surface area contributed by atoms with Gasteiger partial charge in [-0.1, -0.05) is 0 Å². The lowest BCUT2D eigenvalue weighted by Gasteiger charge is -2.38. The summed E-state index contributed by atoms with van der Waals surface area (Å²) in [4.78, 5) is 17.1. The Bertz CT molecular complexity index is 369. The number of piperidine rings is 1. The fourth-order valence-electron chi connectivity index (χ4n) is 2.14. The van der Waals surface area contributed by atoms with Gasteiger partial charge in [0.1, 0.15) is 6.04 Å². The number of hydrogen-bond donors (Lipinski definition) is 2. The summed E-state index contributed by atoms with van der Waals surface area (Å²) in [5.41, 5.74) is 6.20. The van der Waals surface area contributed by atoms with E-state index in [2.05, 4.69) is 4.98 Å². The highest BCUT2D eigenvalue weighted by atomic mass is 16.3. The Labute approximate surface area is 93.9 Å². The van der Waals surface area contributed by atoms with E-state index in [1.54, 1.807) is 12.4 Å². The Hall–Kier alpha value is -1.62. The van der Waals surface area contributed by atoms with Gasteiger partial charge in [0.15, 0.2) is 0 Å². The van der Waals surface area contributed by atoms with Crippen LogP contribution in [0.1, 0.15) is 12.8 Å². The molecule has 0 spiro atoms. The summed E-state index contributed by atoms with van der Waals surface area (Å²) in [5.74, 6) is -0.482. The van der Waals surface area contributed by atoms with Gasteiger partial charge in [0, 0.05) is 24.6 Å². The van der Waals surface area contributed by atoms with E-state index < -0.39 is 18.1 Å². The number of pyridine rings is 1. The second-order valence-electron chi connectivity index (χ2n) is 3.96. The van der Waals surface area contributed by atoms with Gasteiger partial charge in [-0.3, -0.25) is 9.78 Å². The van der Waals surface area contributed by atoms with Gasteiger partial charge in [-0.05, 0) is 25.0 Å². The number of carbonyl (C=O) groups is 1. The minimum atomic E-state index is -0.681. The van der Waals surface area contributed by atoms with Gasteiger partial charge in [0.25, 0.3) is 0 Å². The van der Waals surface area contributed by atoms with Crippen LogP contribution in [0.3, 0.4) is 0 Å². The average Bonchev–Trinajstić information content (AvgIpc) is 2.29. The number of nitrogens with zero attached hydrogens (tertiary/aromatic N) is 2. The lowest BCUT2D eigenvalue weighted by Crippen LogP contribution is -2.55. The molecular formula is C11H15N3O2. The van der Waals surface area contributed by atoms with Crippen LogP contribution in [0, 0.1) is 0 Å². The van der Waals surface area contributed by atoms with Crippen molar-refractivity contribution in [3.05, 3.63) is 24.5 Å². The third kappa shape index (κ3) is 1.99. The largest absolute Gasteiger partial charge is 0.390 e. The number of carbonyl (C=O) groups excluding carboxylic acids is 1. The van der Waals surface area contributed by atoms with Gasteiger partial charge < -0.3 is 15.7 Å². The number of hydrogen-bond acceptors (Lipinski definition) is 4. The van der Waals surface area contributed by atoms with Crippen LogP contribution in [0.2, 0.25) is 0 Å². The molecule has 1 aromatic rings. The number of rotatable bonds is 2. The van der Waals surface area contributed by atoms with Crippen LogP contribution >= 0.6 is 0 Å². The number of aromatic nitrogens is 1. The van der Waals surface area contributed by atoms with Crippen LogP contribution in [0.25, 0.3) is 0 Å². The molecule has 2 rings (SSSR count). The summed E-state index contributed by atoms with van der Waals surface area (Å²) >= 11 is 0. The van der Waals surface area contributed by atoms with Crippen molar-refractivity contribution < 1.29 is 9.90 Å². The Morgan fingerprint density at radius 2 is 2.19 bits per heavy atom. The zero-order chi connectivity index (χ0) is 11.5. The minimum Gasteiger partial charge on any atom is -0.390 e. The maximum atomic E-state index is 11.4. The van der Waals surface area contributed by atoms with Crippen LogP contribution in [0.5, 0.6) is 0 Å². The van der Waals surface area contributed by atoms with Crippen molar-refractivity contribution >= 4 is 11.6 Å². The van der Waals surface area contributed by atoms with Crippen molar-refractivity contribution in [2.75, 3.05) is 11.4 Å². The van der Waals surface area contributed by atoms with Crippen molar-refractivity contribution in [3.63, 3.8) is 0 Å². The van der Waals surface area contributed by atoms with Crippen LogP contribution in [0.4, 0.5) is 5.69 Å². The fourth-order valence-corrected chi connectivity index (χ4v) is 2.14. The molecule has 2 unspecified atom stereocenters. The molecule has 1 aromatic heterocycles. The molecule has 5 heteroatoms. The molecule has 1 fully saturated rings. The zero-order valence-corrected chi connectivity index (χ0v) is 8.91. The van der Waals surface area contributed by atoms with E-state index >= 15 is 0 Å². The van der Waals surface area contributed by atoms with Crippen molar-refractivity contribution in [2.45, 2.75) is 25.0 Å². The molecule has 0 aromatic carbocycles. The summed E-state index contributed by atoms with van der Waals surface area (Å²) in [7, 11) is 0. The van der Waals surface area contributed by atoms with Crippen LogP contribution in [0.15, 0.2) is 24.5 Å². The molecule has 16 heavy (non-hydrogen) atoms. The summed E-state index contributed by atoms with van der Waals surface area (Å²) in [6.45, 7) is 0.731. The number of amides is 1. The summed E-state index contributed by atoms with van der Waals surface area (Å²) in [6.07, 6.45) is 4.12. The zero-order valence-electron chi connectivity index (χ0n) is 8.91. The molecule has 1 amide bonds. The quantitative estimate of drug-likeness (QED) is 0.730. The van der Waals surface area contributed by atoms with Gasteiger partial charge in [-0.15, -0.1) is 0 Å². The lowest BCUT2D eigenvalue weighted by atomic mass is 9.97. The SMILES string of the molecule is NC(=O)C1C(O)CCCN1c1ccncc1. The van der Waals surface area contributed by atoms with Crippen molar-refractivity contribution in [2.24, 2.45) is 5.73 Å². The Morgan fingerprint density at radius 1 is 1.50 bits per heavy atom. The first-order chi connectivity index (χ1) is 7.70. The molecular weight excluding hydrogens is 206 g/mol. The molecule has 1 aliphatic heterocycles. The van der Waals surface area contributed by atoms with Gasteiger partial charge in [0.2, 0.25) is 5.91 Å². The molecule has 0 bridgehead atoms. The molecule has 0 radical (unpaired) electrons. The number of aliphatic hydroxyl groups excluding tert-OH is 1. The van der Waals surface area contributed by atoms with E-state index in [0.717, 1.165) is 18.7 Å². The molecule has 1 aliphatic rings. The van der Waals surface area contributed by atoms with Crippen LogP contribution in [-0.2, 0) is 4.79 Å². The molecule has 2 atom stereocenters. The molecule has 1 saturated heterocycles. The predicted molar refractivity (Wildman–Crippen MR) is 59.8 cm³/mol. The second-order valence-corrected chi connectivity index (χ2v) is 3.96. The summed E-state index contributed by atoms with van der Waals surface area (Å²) in [5, 5.41) is 9.81. The molecule has 5 nitrogen and oxygen atoms in total. The third-order valence-electron chi connectivity index (χ3n) is 2.89. The molecule has 86 valence electrons. The smallest absolute Gasteiger partial charge is 0.242 e. The van der Waals surface area contributed by atoms with E-state index in [-0.39, 0.29) is 0 Å². The van der Waals surface area contributed by atoms with Gasteiger partial charge >= 0.3 is 0 Å². The van der Waals surface area contributed by atoms with E-state index in [0.29, 0.717) is 6.42 Å². The van der Waals surface area contributed by atoms with Gasteiger partial charge in [-0.2, -0.15) is 0 Å². The number of anilines is 1. The average molecular weight is 221 g/mol. The molecule has 3 N–H and O–H groups in total. The normalized spacial score (nSPS) is 25.4. The highest BCUT2D eigenvalue weighted by Crippen LogP contribution is 2.24. The third-order valence-corrected chi connectivity index (χ3v) is 2.89. The monoisotopic (exact) mass is 221 g/mol. The topological polar surface area (TPSA) is 79.5 Å². The first-order valence-corrected chi connectivity index (χ1v) is 5.34. The van der Waals surface area contributed by atoms with Crippen LogP contribution < -0.4 is 10.6 Å². The fraction of sp³-hybridized carbons (Fsp3) is 0.455. The Balaban J connectivity index is 2.27. The Morgan fingerprint density at radius 3 is 2.81 bits per heavy atom. The maximum Gasteiger partial charge on any atom is 0.242 e. The number of nitrogens with two attached hydrogens (primary N) is 1. The van der Waals surface area contributed by atoms with Crippen molar-refractivity contribution in [1.82, 2.24) is 4.98 Å². The lowest BCUT2D eigenvalue weighted by molar-refractivity contribution is -0.122. The Kier molecular flexibility index (Phi) is 3.05. The van der Waals surface area contributed by atoms with Crippen molar-refractivity contribution in [3.8, 4) is 0 Å². The first-order valence-electron chi connectivity index (χ1n) is 5.34. The standard InChI is InChI=1S/C11H15N3O2/c12-11(16)10-9(15)2-1-7-14(10)8-3-5-13-6-4-8/h3-6,9-10,15H,1-2,7H2,(H2,12,16). The van der Waals surface area contributed by atoms with E-state index in [1.807, 2.05) is 17.0 Å². The summed E-state index contributed by atoms with van der Waals surface area (Å²) in [6, 6.07) is 3.00. The van der Waals surface area contributed by atoms with E-state index in [1.165, 1.54) is 0 Å². The molecule has 0 saturated carbocycles. The first kappa shape index (κ1) is 10.9. The van der Waals surface area contributed by atoms with Crippen molar-refractivity contribution in [1.29, 1.82) is 0 Å². The number of primary amides is 1. The molecule has 2 heterocycles. The van der Waals surface area contributed by atoms with E-state index in [9.17, 15) is 9.90 Å². The number of aliphatic hydroxyl groups is 1. The second kappa shape index (κ2) is 4.49. The van der Waals surface area contributed by atoms with E-state index in [4.69, 9.17) is 5.73 Å². The highest BCUT2D eigenvalue weighted by molar-refractivity contribution is 5.84. The predicted octanol–water partition coefficient (Wildman–Crippen LogP) is -0.103. The maximum absolute atomic E-state index is 11.4. The van der Waals surface area contributed by atoms with Gasteiger partial charge in [-0.25, -0.2) is 0 Å². The van der Waals surface area contributed by atoms with Crippen LogP contribution in [-0.4, -0.2) is 34.7 Å². The minimum absolute atomic E-state index is 0.482. The molecule has 0 aliphatic carbocycles. The highest BCUT2D eigenvalue weighted by Gasteiger charge is 2.34. The van der Waals surface area contributed by atoms with Gasteiger partial charge in [0.05, 0.1) is 6.10 Å².